The van der Waals surface area contributed by atoms with E-state index in [1.165, 1.54) is 12.1 Å². The SMILES string of the molecule is O=C(O)[C@@H]1CCCN(C(=O)CCCOc2cccc(F)c2)C1. The van der Waals surface area contributed by atoms with Crippen LogP contribution in [0.1, 0.15) is 25.7 Å². The quantitative estimate of drug-likeness (QED) is 0.819. The van der Waals surface area contributed by atoms with Gasteiger partial charge in [-0.2, -0.15) is 0 Å². The van der Waals surface area contributed by atoms with E-state index in [0.717, 1.165) is 6.42 Å². The number of benzene rings is 1. The number of nitrogens with zero attached hydrogens (tertiary/aromatic N) is 1. The van der Waals surface area contributed by atoms with E-state index in [4.69, 9.17) is 9.84 Å². The molecule has 0 aliphatic carbocycles. The van der Waals surface area contributed by atoms with Crippen LogP contribution >= 0.6 is 0 Å². The molecule has 1 aromatic rings. The lowest BCUT2D eigenvalue weighted by Gasteiger charge is -2.30. The Kier molecular flexibility index (Phi) is 5.75. The zero-order valence-electron chi connectivity index (χ0n) is 12.3. The van der Waals surface area contributed by atoms with Gasteiger partial charge < -0.3 is 14.7 Å². The van der Waals surface area contributed by atoms with Gasteiger partial charge in [0.15, 0.2) is 0 Å². The molecule has 0 radical (unpaired) electrons. The Morgan fingerprint density at radius 1 is 1.41 bits per heavy atom. The minimum atomic E-state index is -0.841. The summed E-state index contributed by atoms with van der Waals surface area (Å²) in [6.45, 7) is 1.23. The molecule has 1 atom stereocenters. The highest BCUT2D eigenvalue weighted by atomic mass is 19.1. The standard InChI is InChI=1S/C16H20FNO4/c17-13-5-1-6-14(10-13)22-9-3-7-15(19)18-8-2-4-12(11-18)16(20)21/h1,5-6,10,12H,2-4,7-9,11H2,(H,20,21)/t12-/m1/s1. The van der Waals surface area contributed by atoms with Gasteiger partial charge in [0.05, 0.1) is 12.5 Å². The molecule has 0 unspecified atom stereocenters. The molecule has 5 nitrogen and oxygen atoms in total. The summed E-state index contributed by atoms with van der Waals surface area (Å²) in [4.78, 5) is 24.6. The van der Waals surface area contributed by atoms with Gasteiger partial charge in [0.25, 0.3) is 0 Å². The fourth-order valence-corrected chi connectivity index (χ4v) is 2.53. The molecule has 1 fully saturated rings. The fourth-order valence-electron chi connectivity index (χ4n) is 2.53. The number of amides is 1. The summed E-state index contributed by atoms with van der Waals surface area (Å²) < 4.78 is 18.3. The summed E-state index contributed by atoms with van der Waals surface area (Å²) in [5.74, 6) is -1.26. The van der Waals surface area contributed by atoms with Gasteiger partial charge in [0, 0.05) is 25.6 Å². The second-order valence-corrected chi connectivity index (χ2v) is 5.43. The first-order valence-electron chi connectivity index (χ1n) is 7.45. The Bertz CT molecular complexity index is 535. The van der Waals surface area contributed by atoms with E-state index in [9.17, 15) is 14.0 Å². The molecule has 6 heteroatoms. The van der Waals surface area contributed by atoms with Crippen molar-refractivity contribution in [2.24, 2.45) is 5.92 Å². The minimum absolute atomic E-state index is 0.0474. The number of aliphatic carboxylic acids is 1. The lowest BCUT2D eigenvalue weighted by atomic mass is 9.98. The van der Waals surface area contributed by atoms with Gasteiger partial charge in [-0.15, -0.1) is 0 Å². The van der Waals surface area contributed by atoms with Crippen molar-refractivity contribution in [3.63, 3.8) is 0 Å². The first kappa shape index (κ1) is 16.3. The number of halogens is 1. The molecule has 0 bridgehead atoms. The number of hydrogen-bond acceptors (Lipinski definition) is 3. The lowest BCUT2D eigenvalue weighted by molar-refractivity contribution is -0.145. The Morgan fingerprint density at radius 3 is 2.95 bits per heavy atom. The maximum Gasteiger partial charge on any atom is 0.308 e. The predicted octanol–water partition coefficient (Wildman–Crippen LogP) is 2.31. The van der Waals surface area contributed by atoms with Gasteiger partial charge in [-0.3, -0.25) is 9.59 Å². The van der Waals surface area contributed by atoms with E-state index in [1.54, 1.807) is 17.0 Å². The van der Waals surface area contributed by atoms with E-state index in [1.807, 2.05) is 0 Å². The lowest BCUT2D eigenvalue weighted by Crippen LogP contribution is -2.42. The monoisotopic (exact) mass is 309 g/mol. The largest absolute Gasteiger partial charge is 0.493 e. The fraction of sp³-hybridized carbons (Fsp3) is 0.500. The van der Waals surface area contributed by atoms with Crippen molar-refractivity contribution in [2.75, 3.05) is 19.7 Å². The highest BCUT2D eigenvalue weighted by molar-refractivity contribution is 5.78. The maximum absolute atomic E-state index is 13.0. The normalized spacial score (nSPS) is 18.0. The van der Waals surface area contributed by atoms with Crippen molar-refractivity contribution in [3.8, 4) is 5.75 Å². The van der Waals surface area contributed by atoms with Crippen LogP contribution in [-0.2, 0) is 9.59 Å². The first-order chi connectivity index (χ1) is 10.6. The zero-order chi connectivity index (χ0) is 15.9. The molecular formula is C16H20FNO4. The van der Waals surface area contributed by atoms with Crippen LogP contribution < -0.4 is 4.74 Å². The van der Waals surface area contributed by atoms with Crippen LogP contribution in [0.15, 0.2) is 24.3 Å². The molecular weight excluding hydrogens is 289 g/mol. The van der Waals surface area contributed by atoms with E-state index in [2.05, 4.69) is 0 Å². The van der Waals surface area contributed by atoms with E-state index >= 15 is 0 Å². The molecule has 1 amide bonds. The summed E-state index contributed by atoms with van der Waals surface area (Å²) in [6.07, 6.45) is 2.18. The van der Waals surface area contributed by atoms with Crippen molar-refractivity contribution >= 4 is 11.9 Å². The number of carbonyl (C=O) groups excluding carboxylic acids is 1. The second kappa shape index (κ2) is 7.77. The van der Waals surface area contributed by atoms with Crippen molar-refractivity contribution < 1.29 is 23.8 Å². The number of carboxylic acids is 1. The number of piperidine rings is 1. The summed E-state index contributed by atoms with van der Waals surface area (Å²) in [7, 11) is 0. The number of ether oxygens (including phenoxy) is 1. The van der Waals surface area contributed by atoms with Gasteiger partial charge in [-0.25, -0.2) is 4.39 Å². The van der Waals surface area contributed by atoms with Crippen LogP contribution in [0.3, 0.4) is 0 Å². The third-order valence-corrected chi connectivity index (χ3v) is 3.72. The Hall–Kier alpha value is -2.11. The number of rotatable bonds is 6. The van der Waals surface area contributed by atoms with Gasteiger partial charge in [-0.1, -0.05) is 6.07 Å². The molecule has 1 aliphatic heterocycles. The molecule has 0 spiro atoms. The molecule has 1 aliphatic rings. The van der Waals surface area contributed by atoms with Gasteiger partial charge in [-0.05, 0) is 31.4 Å². The number of likely N-dealkylation sites (tertiary alicyclic amines) is 1. The Morgan fingerprint density at radius 2 is 2.23 bits per heavy atom. The van der Waals surface area contributed by atoms with Crippen LogP contribution in [0.5, 0.6) is 5.75 Å². The topological polar surface area (TPSA) is 66.8 Å². The van der Waals surface area contributed by atoms with Crippen molar-refractivity contribution in [1.82, 2.24) is 4.90 Å². The Balaban J connectivity index is 1.70. The van der Waals surface area contributed by atoms with E-state index in [0.29, 0.717) is 44.7 Å². The molecule has 2 rings (SSSR count). The van der Waals surface area contributed by atoms with Gasteiger partial charge in [0.1, 0.15) is 11.6 Å². The molecule has 1 N–H and O–H groups in total. The smallest absolute Gasteiger partial charge is 0.308 e. The third kappa shape index (κ3) is 4.72. The molecule has 22 heavy (non-hydrogen) atoms. The van der Waals surface area contributed by atoms with Crippen molar-refractivity contribution in [3.05, 3.63) is 30.1 Å². The van der Waals surface area contributed by atoms with Crippen LogP contribution in [0.4, 0.5) is 4.39 Å². The Labute approximate surface area is 128 Å². The van der Waals surface area contributed by atoms with Crippen LogP contribution in [0.2, 0.25) is 0 Å². The summed E-state index contributed by atoms with van der Waals surface area (Å²) in [6, 6.07) is 5.86. The minimum Gasteiger partial charge on any atom is -0.493 e. The van der Waals surface area contributed by atoms with E-state index < -0.39 is 11.9 Å². The third-order valence-electron chi connectivity index (χ3n) is 3.72. The second-order valence-electron chi connectivity index (χ2n) is 5.43. The average molecular weight is 309 g/mol. The van der Waals surface area contributed by atoms with Crippen LogP contribution in [0, 0.1) is 11.7 Å². The van der Waals surface area contributed by atoms with Crippen LogP contribution in [-0.4, -0.2) is 41.6 Å². The first-order valence-corrected chi connectivity index (χ1v) is 7.45. The molecule has 1 heterocycles. The highest BCUT2D eigenvalue weighted by Gasteiger charge is 2.27. The van der Waals surface area contributed by atoms with Gasteiger partial charge >= 0.3 is 5.97 Å². The maximum atomic E-state index is 13.0. The van der Waals surface area contributed by atoms with Crippen LogP contribution in [0.25, 0.3) is 0 Å². The van der Waals surface area contributed by atoms with Gasteiger partial charge in [0.2, 0.25) is 5.91 Å². The summed E-state index contributed by atoms with van der Waals surface area (Å²) >= 11 is 0. The summed E-state index contributed by atoms with van der Waals surface area (Å²) in [5, 5.41) is 9.01. The molecule has 1 aromatic carbocycles. The number of hydrogen-bond donors (Lipinski definition) is 1. The average Bonchev–Trinajstić information content (AvgIpc) is 2.51. The molecule has 1 saturated heterocycles. The number of carbonyl (C=O) groups is 2. The highest BCUT2D eigenvalue weighted by Crippen LogP contribution is 2.18. The van der Waals surface area contributed by atoms with Crippen molar-refractivity contribution in [1.29, 1.82) is 0 Å². The van der Waals surface area contributed by atoms with E-state index in [-0.39, 0.29) is 11.7 Å². The zero-order valence-corrected chi connectivity index (χ0v) is 12.3. The van der Waals surface area contributed by atoms with Crippen molar-refractivity contribution in [2.45, 2.75) is 25.7 Å². The number of carboxylic acid groups (broad SMARTS) is 1. The molecule has 0 aromatic heterocycles. The predicted molar refractivity (Wildman–Crippen MR) is 78.1 cm³/mol. The summed E-state index contributed by atoms with van der Waals surface area (Å²) in [5.41, 5.74) is 0. The molecule has 120 valence electrons. The molecule has 0 saturated carbocycles.